The fourth-order valence-electron chi connectivity index (χ4n) is 6.89. The van der Waals surface area contributed by atoms with E-state index in [9.17, 15) is 19.0 Å². The van der Waals surface area contributed by atoms with E-state index in [0.717, 1.165) is 32.1 Å². The van der Waals surface area contributed by atoms with E-state index in [0.29, 0.717) is 17.4 Å². The molecular weight excluding hydrogens is 725 g/mol. The molecule has 0 aliphatic rings. The lowest BCUT2D eigenvalue weighted by atomic mass is 10.0. The third kappa shape index (κ3) is 42.6. The van der Waals surface area contributed by atoms with Crippen molar-refractivity contribution in [1.82, 2.24) is 0 Å². The van der Waals surface area contributed by atoms with Gasteiger partial charge in [-0.3, -0.25) is 14.2 Å². The number of phosphoric acid groups is 1. The summed E-state index contributed by atoms with van der Waals surface area (Å²) in [5, 5.41) is 0. The number of phosphoric ester groups is 1. The Balaban J connectivity index is 4.19. The Morgan fingerprint density at radius 2 is 0.804 bits per heavy atom. The normalized spacial score (nSPS) is 13.5. The molecule has 0 saturated carbocycles. The molecule has 0 aromatic rings. The molecule has 0 aromatic heterocycles. The van der Waals surface area contributed by atoms with Crippen molar-refractivity contribution in [3.05, 3.63) is 0 Å². The standard InChI is InChI=1S/C46H92NO8P/c1-6-8-10-12-14-16-18-20-21-22-23-24-25-26-27-29-30-32-34-36-38-45(48)52-42-44(43-54-56(50,51)53-41-40-47(3,4)5)55-46(49)39-37-35-33-31-28-19-17-15-13-11-9-7-2/h44H,6-43H2,1-5H3/t44-/m1/s1. The molecule has 0 fully saturated rings. The van der Waals surface area contributed by atoms with Crippen LogP contribution in [-0.2, 0) is 32.7 Å². The van der Waals surface area contributed by atoms with Crippen molar-refractivity contribution in [3.63, 3.8) is 0 Å². The van der Waals surface area contributed by atoms with Crippen LogP contribution in [0.4, 0.5) is 0 Å². The van der Waals surface area contributed by atoms with Gasteiger partial charge in [0.15, 0.2) is 6.10 Å². The van der Waals surface area contributed by atoms with Crippen LogP contribution in [0.1, 0.15) is 232 Å². The zero-order valence-corrected chi connectivity index (χ0v) is 38.5. The summed E-state index contributed by atoms with van der Waals surface area (Å²) in [5.41, 5.74) is 0. The zero-order chi connectivity index (χ0) is 41.4. The number of quaternary nitrogens is 1. The van der Waals surface area contributed by atoms with Crippen LogP contribution < -0.4 is 4.89 Å². The number of nitrogens with zero attached hydrogens (tertiary/aromatic N) is 1. The van der Waals surface area contributed by atoms with E-state index in [4.69, 9.17) is 18.5 Å². The van der Waals surface area contributed by atoms with Crippen LogP contribution in [0.2, 0.25) is 0 Å². The quantitative estimate of drug-likeness (QED) is 0.0259. The summed E-state index contributed by atoms with van der Waals surface area (Å²) in [6.07, 6.45) is 39.9. The molecule has 9 nitrogen and oxygen atoms in total. The first-order chi connectivity index (χ1) is 27.0. The second kappa shape index (κ2) is 39.5. The van der Waals surface area contributed by atoms with Gasteiger partial charge in [0.2, 0.25) is 0 Å². The van der Waals surface area contributed by atoms with Crippen LogP contribution in [0.5, 0.6) is 0 Å². The fraction of sp³-hybridized carbons (Fsp3) is 0.957. The molecule has 0 spiro atoms. The molecule has 334 valence electrons. The highest BCUT2D eigenvalue weighted by Crippen LogP contribution is 2.38. The Kier molecular flexibility index (Phi) is 38.8. The molecule has 2 atom stereocenters. The number of hydrogen-bond acceptors (Lipinski definition) is 8. The second-order valence-electron chi connectivity index (χ2n) is 17.5. The van der Waals surface area contributed by atoms with Gasteiger partial charge < -0.3 is 27.9 Å². The molecular formula is C46H92NO8P. The van der Waals surface area contributed by atoms with Crippen molar-refractivity contribution in [1.29, 1.82) is 0 Å². The number of esters is 2. The monoisotopic (exact) mass is 818 g/mol. The molecule has 0 radical (unpaired) electrons. The summed E-state index contributed by atoms with van der Waals surface area (Å²) >= 11 is 0. The topological polar surface area (TPSA) is 111 Å². The predicted octanol–water partition coefficient (Wildman–Crippen LogP) is 13.0. The highest BCUT2D eigenvalue weighted by Gasteiger charge is 2.21. The number of ether oxygens (including phenoxy) is 2. The van der Waals surface area contributed by atoms with Crippen molar-refractivity contribution in [3.8, 4) is 0 Å². The Labute approximate surface area is 346 Å². The van der Waals surface area contributed by atoms with Crippen molar-refractivity contribution in [2.75, 3.05) is 47.5 Å². The highest BCUT2D eigenvalue weighted by molar-refractivity contribution is 7.45. The van der Waals surface area contributed by atoms with Gasteiger partial charge in [-0.15, -0.1) is 0 Å². The van der Waals surface area contributed by atoms with Crippen LogP contribution in [0.15, 0.2) is 0 Å². The van der Waals surface area contributed by atoms with Gasteiger partial charge >= 0.3 is 11.9 Å². The maximum atomic E-state index is 12.7. The van der Waals surface area contributed by atoms with E-state index in [1.54, 1.807) is 0 Å². The maximum Gasteiger partial charge on any atom is 0.306 e. The summed E-state index contributed by atoms with van der Waals surface area (Å²) in [5.74, 6) is -0.818. The number of unbranched alkanes of at least 4 members (excludes halogenated alkanes) is 30. The van der Waals surface area contributed by atoms with Crippen LogP contribution in [0, 0.1) is 0 Å². The van der Waals surface area contributed by atoms with Crippen LogP contribution in [0.3, 0.4) is 0 Å². The minimum Gasteiger partial charge on any atom is -0.756 e. The number of hydrogen-bond donors (Lipinski definition) is 0. The van der Waals surface area contributed by atoms with Gasteiger partial charge in [0.1, 0.15) is 19.8 Å². The van der Waals surface area contributed by atoms with Crippen molar-refractivity contribution in [2.24, 2.45) is 0 Å². The average molecular weight is 818 g/mol. The molecule has 0 heterocycles. The van der Waals surface area contributed by atoms with E-state index in [-0.39, 0.29) is 32.0 Å². The summed E-state index contributed by atoms with van der Waals surface area (Å²) in [6, 6.07) is 0. The Morgan fingerprint density at radius 3 is 1.14 bits per heavy atom. The third-order valence-electron chi connectivity index (χ3n) is 10.6. The van der Waals surface area contributed by atoms with Gasteiger partial charge in [0.25, 0.3) is 7.82 Å². The Morgan fingerprint density at radius 1 is 0.482 bits per heavy atom. The van der Waals surface area contributed by atoms with Gasteiger partial charge in [-0.25, -0.2) is 0 Å². The maximum absolute atomic E-state index is 12.7. The molecule has 56 heavy (non-hydrogen) atoms. The lowest BCUT2D eigenvalue weighted by molar-refractivity contribution is -0.870. The first-order valence-corrected chi connectivity index (χ1v) is 25.2. The second-order valence-corrected chi connectivity index (χ2v) is 18.9. The number of likely N-dealkylation sites (N-methyl/N-ethyl adjacent to an activating group) is 1. The van der Waals surface area contributed by atoms with Crippen molar-refractivity contribution in [2.45, 2.75) is 238 Å². The van der Waals surface area contributed by atoms with Gasteiger partial charge in [0, 0.05) is 12.8 Å². The molecule has 0 rings (SSSR count). The average Bonchev–Trinajstić information content (AvgIpc) is 3.15. The van der Waals surface area contributed by atoms with Gasteiger partial charge in [0.05, 0.1) is 27.7 Å². The van der Waals surface area contributed by atoms with E-state index in [1.165, 1.54) is 167 Å². The zero-order valence-electron chi connectivity index (χ0n) is 37.6. The third-order valence-corrected chi connectivity index (χ3v) is 11.6. The first kappa shape index (κ1) is 55.0. The van der Waals surface area contributed by atoms with E-state index < -0.39 is 26.5 Å². The van der Waals surface area contributed by atoms with Crippen LogP contribution in [-0.4, -0.2) is 70.0 Å². The smallest absolute Gasteiger partial charge is 0.306 e. The highest BCUT2D eigenvalue weighted by atomic mass is 31.2. The summed E-state index contributed by atoms with van der Waals surface area (Å²) < 4.78 is 33.9. The number of carbonyl (C=O) groups is 2. The van der Waals surface area contributed by atoms with E-state index >= 15 is 0 Å². The van der Waals surface area contributed by atoms with Crippen molar-refractivity contribution < 1.29 is 42.1 Å². The molecule has 0 aliphatic carbocycles. The lowest BCUT2D eigenvalue weighted by Crippen LogP contribution is -2.37. The molecule has 0 aliphatic heterocycles. The summed E-state index contributed by atoms with van der Waals surface area (Å²) in [6.45, 7) is 4.27. The van der Waals surface area contributed by atoms with Gasteiger partial charge in [-0.05, 0) is 12.8 Å². The van der Waals surface area contributed by atoms with Crippen molar-refractivity contribution >= 4 is 19.8 Å². The number of rotatable bonds is 44. The Hall–Kier alpha value is -0.990. The molecule has 0 saturated heterocycles. The van der Waals surface area contributed by atoms with Crippen LogP contribution in [0.25, 0.3) is 0 Å². The SMILES string of the molecule is CCCCCCCCCCCCCCCCCCCCCCC(=O)OC[C@H](COP(=O)([O-])OCC[N+](C)(C)C)OC(=O)CCCCCCCCCCCCCC. The largest absolute Gasteiger partial charge is 0.756 e. The summed E-state index contributed by atoms with van der Waals surface area (Å²) in [4.78, 5) is 37.5. The van der Waals surface area contributed by atoms with Gasteiger partial charge in [-0.2, -0.15) is 0 Å². The molecule has 1 unspecified atom stereocenters. The molecule has 0 bridgehead atoms. The minimum atomic E-state index is -4.62. The fourth-order valence-corrected chi connectivity index (χ4v) is 7.62. The minimum absolute atomic E-state index is 0.0256. The molecule has 0 amide bonds. The molecule has 0 aromatic carbocycles. The molecule has 10 heteroatoms. The number of carbonyl (C=O) groups excluding carboxylic acids is 2. The molecule has 0 N–H and O–H groups in total. The predicted molar refractivity (Wildman–Crippen MR) is 232 cm³/mol. The summed E-state index contributed by atoms with van der Waals surface area (Å²) in [7, 11) is 1.18. The lowest BCUT2D eigenvalue weighted by Gasteiger charge is -2.28. The van der Waals surface area contributed by atoms with Gasteiger partial charge in [-0.1, -0.05) is 206 Å². The Bertz CT molecular complexity index is 927. The first-order valence-electron chi connectivity index (χ1n) is 23.7. The van der Waals surface area contributed by atoms with Crippen LogP contribution >= 0.6 is 7.82 Å². The van der Waals surface area contributed by atoms with E-state index in [2.05, 4.69) is 13.8 Å². The van der Waals surface area contributed by atoms with E-state index in [1.807, 2.05) is 21.1 Å².